The zero-order valence-corrected chi connectivity index (χ0v) is 16.6. The van der Waals surface area contributed by atoms with E-state index in [0.29, 0.717) is 17.0 Å². The summed E-state index contributed by atoms with van der Waals surface area (Å²) in [6.07, 6.45) is 0. The molecule has 0 radical (unpaired) electrons. The fraction of sp³-hybridized carbons (Fsp3) is 0.182. The van der Waals surface area contributed by atoms with Crippen molar-refractivity contribution in [3.8, 4) is 5.75 Å². The summed E-state index contributed by atoms with van der Waals surface area (Å²) >= 11 is 0. The molecule has 150 valence electrons. The highest BCUT2D eigenvalue weighted by molar-refractivity contribution is 6.00. The number of benzene rings is 2. The van der Waals surface area contributed by atoms with Crippen LogP contribution in [-0.4, -0.2) is 11.8 Å². The van der Waals surface area contributed by atoms with Crippen molar-refractivity contribution in [1.82, 2.24) is 0 Å². The number of furan rings is 1. The van der Waals surface area contributed by atoms with Gasteiger partial charge in [-0.1, -0.05) is 35.5 Å². The second-order valence-corrected chi connectivity index (χ2v) is 6.65. The van der Waals surface area contributed by atoms with Crippen LogP contribution in [0.5, 0.6) is 5.75 Å². The third-order valence-corrected chi connectivity index (χ3v) is 4.51. The quantitative estimate of drug-likeness (QED) is 0.216. The molecule has 0 spiro atoms. The first kappa shape index (κ1) is 20.0. The van der Waals surface area contributed by atoms with Crippen molar-refractivity contribution in [2.75, 3.05) is 5.73 Å². The van der Waals surface area contributed by atoms with E-state index >= 15 is 0 Å². The molecule has 0 saturated carbocycles. The molecule has 0 aliphatic rings. The minimum absolute atomic E-state index is 0.00551. The van der Waals surface area contributed by atoms with E-state index in [1.165, 1.54) is 6.07 Å². The molecule has 2 aromatic carbocycles. The highest BCUT2D eigenvalue weighted by atomic mass is 16.7. The molecular formula is C22H23N3O4. The van der Waals surface area contributed by atoms with Crippen LogP contribution in [0.1, 0.15) is 38.6 Å². The van der Waals surface area contributed by atoms with Crippen LogP contribution in [0.15, 0.2) is 58.1 Å². The standard InChI is InChI=1S/C22H23N3O4/c1-13-6-4-7-14(2)20(13)27-12-16-10-11-19(28-16)22(26)29-25-21(24)17-8-5-9-18(23)15(17)3/h4-11H,12,23H2,1-3H3,(H2,24,25). The molecule has 0 unspecified atom stereocenters. The number of nitrogen functional groups attached to an aromatic ring is 1. The van der Waals surface area contributed by atoms with Crippen LogP contribution in [-0.2, 0) is 11.4 Å². The number of aryl methyl sites for hydroxylation is 2. The van der Waals surface area contributed by atoms with Crippen LogP contribution in [0.25, 0.3) is 0 Å². The number of hydrogen-bond acceptors (Lipinski definition) is 6. The van der Waals surface area contributed by atoms with Crippen molar-refractivity contribution < 1.29 is 18.8 Å². The van der Waals surface area contributed by atoms with Crippen LogP contribution in [0, 0.1) is 20.8 Å². The summed E-state index contributed by atoms with van der Waals surface area (Å²) in [6, 6.07) is 14.3. The van der Waals surface area contributed by atoms with Crippen molar-refractivity contribution in [1.29, 1.82) is 0 Å². The molecule has 0 fully saturated rings. The summed E-state index contributed by atoms with van der Waals surface area (Å²) in [5.41, 5.74) is 15.7. The number of amidine groups is 1. The number of ether oxygens (including phenoxy) is 1. The molecule has 29 heavy (non-hydrogen) atoms. The number of para-hydroxylation sites is 1. The van der Waals surface area contributed by atoms with E-state index in [0.717, 1.165) is 22.4 Å². The van der Waals surface area contributed by atoms with Gasteiger partial charge < -0.3 is 25.5 Å². The molecule has 7 nitrogen and oxygen atoms in total. The largest absolute Gasteiger partial charge is 0.485 e. The van der Waals surface area contributed by atoms with Gasteiger partial charge in [-0.05, 0) is 55.7 Å². The van der Waals surface area contributed by atoms with E-state index < -0.39 is 5.97 Å². The van der Waals surface area contributed by atoms with Crippen LogP contribution >= 0.6 is 0 Å². The van der Waals surface area contributed by atoms with E-state index in [9.17, 15) is 4.79 Å². The fourth-order valence-corrected chi connectivity index (χ4v) is 2.85. The zero-order valence-electron chi connectivity index (χ0n) is 16.6. The van der Waals surface area contributed by atoms with Gasteiger partial charge in [0.1, 0.15) is 18.1 Å². The third-order valence-electron chi connectivity index (χ3n) is 4.51. The van der Waals surface area contributed by atoms with E-state index in [1.54, 1.807) is 24.3 Å². The molecule has 7 heteroatoms. The highest BCUT2D eigenvalue weighted by Gasteiger charge is 2.15. The predicted molar refractivity (Wildman–Crippen MR) is 111 cm³/mol. The normalized spacial score (nSPS) is 11.3. The number of carbonyl (C=O) groups is 1. The zero-order chi connectivity index (χ0) is 21.0. The summed E-state index contributed by atoms with van der Waals surface area (Å²) in [4.78, 5) is 17.1. The highest BCUT2D eigenvalue weighted by Crippen LogP contribution is 2.24. The second-order valence-electron chi connectivity index (χ2n) is 6.65. The average molecular weight is 393 g/mol. The summed E-state index contributed by atoms with van der Waals surface area (Å²) in [5, 5.41) is 3.70. The molecule has 3 aromatic rings. The third kappa shape index (κ3) is 4.57. The molecule has 0 atom stereocenters. The monoisotopic (exact) mass is 393 g/mol. The number of nitrogens with two attached hydrogens (primary N) is 2. The van der Waals surface area contributed by atoms with Gasteiger partial charge in [0.15, 0.2) is 5.84 Å². The van der Waals surface area contributed by atoms with Gasteiger partial charge in [0.25, 0.3) is 0 Å². The van der Waals surface area contributed by atoms with Crippen molar-refractivity contribution >= 4 is 17.5 Å². The summed E-state index contributed by atoms with van der Waals surface area (Å²) in [7, 11) is 0. The molecule has 3 rings (SSSR count). The minimum Gasteiger partial charge on any atom is -0.485 e. The molecule has 0 saturated heterocycles. The summed E-state index contributed by atoms with van der Waals surface area (Å²) in [6.45, 7) is 5.94. The molecule has 0 aliphatic heterocycles. The van der Waals surface area contributed by atoms with Crippen molar-refractivity contribution in [3.05, 3.63) is 82.3 Å². The van der Waals surface area contributed by atoms with E-state index in [2.05, 4.69) is 5.16 Å². The Morgan fingerprint density at radius 3 is 2.45 bits per heavy atom. The van der Waals surface area contributed by atoms with Gasteiger partial charge in [0.05, 0.1) is 0 Å². The Morgan fingerprint density at radius 1 is 1.03 bits per heavy atom. The second kappa shape index (κ2) is 8.52. The van der Waals surface area contributed by atoms with Crippen LogP contribution in [0.2, 0.25) is 0 Å². The molecule has 1 aromatic heterocycles. The summed E-state index contributed by atoms with van der Waals surface area (Å²) < 4.78 is 11.3. The first-order chi connectivity index (χ1) is 13.9. The lowest BCUT2D eigenvalue weighted by molar-refractivity contribution is 0.0475. The Hall–Kier alpha value is -3.74. The number of carbonyl (C=O) groups excluding carboxylic acids is 1. The van der Waals surface area contributed by atoms with Crippen molar-refractivity contribution in [2.24, 2.45) is 10.9 Å². The van der Waals surface area contributed by atoms with E-state index in [-0.39, 0.29) is 18.2 Å². The molecule has 0 aliphatic carbocycles. The van der Waals surface area contributed by atoms with Gasteiger partial charge >= 0.3 is 5.97 Å². The van der Waals surface area contributed by atoms with E-state index in [4.69, 9.17) is 25.5 Å². The lowest BCUT2D eigenvalue weighted by Crippen LogP contribution is -2.17. The van der Waals surface area contributed by atoms with Crippen LogP contribution < -0.4 is 16.2 Å². The Labute approximate surface area is 168 Å². The van der Waals surface area contributed by atoms with Gasteiger partial charge in [-0.25, -0.2) is 4.79 Å². The molecule has 0 bridgehead atoms. The Balaban J connectivity index is 1.64. The SMILES string of the molecule is Cc1cccc(C)c1OCc1ccc(C(=O)O/N=C(\N)c2cccc(N)c2C)o1. The molecule has 0 amide bonds. The smallest absolute Gasteiger partial charge is 0.400 e. The number of rotatable bonds is 6. The predicted octanol–water partition coefficient (Wildman–Crippen LogP) is 3.84. The van der Waals surface area contributed by atoms with Crippen LogP contribution in [0.3, 0.4) is 0 Å². The van der Waals surface area contributed by atoms with Gasteiger partial charge in [0, 0.05) is 11.3 Å². The molecule has 4 N–H and O–H groups in total. The maximum atomic E-state index is 12.2. The topological polar surface area (TPSA) is 113 Å². The lowest BCUT2D eigenvalue weighted by Gasteiger charge is -2.10. The lowest BCUT2D eigenvalue weighted by atomic mass is 10.1. The minimum atomic E-state index is -0.757. The fourth-order valence-electron chi connectivity index (χ4n) is 2.85. The number of hydrogen-bond donors (Lipinski definition) is 2. The van der Waals surface area contributed by atoms with Gasteiger partial charge in [-0.3, -0.25) is 0 Å². The Morgan fingerprint density at radius 2 is 1.72 bits per heavy atom. The molecular weight excluding hydrogens is 370 g/mol. The van der Waals surface area contributed by atoms with Crippen molar-refractivity contribution in [2.45, 2.75) is 27.4 Å². The Bertz CT molecular complexity index is 1050. The maximum absolute atomic E-state index is 12.2. The average Bonchev–Trinajstić information content (AvgIpc) is 3.17. The van der Waals surface area contributed by atoms with Crippen molar-refractivity contribution in [3.63, 3.8) is 0 Å². The van der Waals surface area contributed by atoms with E-state index in [1.807, 2.05) is 39.0 Å². The van der Waals surface area contributed by atoms with Gasteiger partial charge in [-0.15, -0.1) is 0 Å². The first-order valence-corrected chi connectivity index (χ1v) is 9.05. The van der Waals surface area contributed by atoms with Crippen LogP contribution in [0.4, 0.5) is 5.69 Å². The van der Waals surface area contributed by atoms with Gasteiger partial charge in [-0.2, -0.15) is 0 Å². The molecule has 1 heterocycles. The summed E-state index contributed by atoms with van der Waals surface area (Å²) in [5.74, 6) is 0.582. The number of nitrogens with zero attached hydrogens (tertiary/aromatic N) is 1. The number of anilines is 1. The number of oxime groups is 1. The van der Waals surface area contributed by atoms with Gasteiger partial charge in [0.2, 0.25) is 5.76 Å². The Kier molecular flexibility index (Phi) is 5.87. The first-order valence-electron chi connectivity index (χ1n) is 9.05. The maximum Gasteiger partial charge on any atom is 0.400 e.